The molecule has 4 heteroatoms. The molecule has 3 fully saturated rings. The third-order valence-corrected chi connectivity index (χ3v) is 8.70. The molecule has 3 unspecified atom stereocenters. The van der Waals surface area contributed by atoms with Crippen molar-refractivity contribution in [2.24, 2.45) is 22.7 Å². The summed E-state index contributed by atoms with van der Waals surface area (Å²) in [5.74, 6) is 1.69. The normalized spacial score (nSPS) is 39.5. The Labute approximate surface area is 174 Å². The van der Waals surface area contributed by atoms with Gasteiger partial charge in [-0.2, -0.15) is 0 Å². The molecule has 3 aliphatic carbocycles. The van der Waals surface area contributed by atoms with E-state index in [-0.39, 0.29) is 22.9 Å². The molecular weight excluding hydrogens is 364 g/mol. The van der Waals surface area contributed by atoms with Crippen molar-refractivity contribution in [1.29, 1.82) is 0 Å². The van der Waals surface area contributed by atoms with Gasteiger partial charge in [0.05, 0.1) is 26.4 Å². The van der Waals surface area contributed by atoms with Crippen LogP contribution in [0.25, 0.3) is 0 Å². The fourth-order valence-electron chi connectivity index (χ4n) is 7.33. The highest BCUT2D eigenvalue weighted by Crippen LogP contribution is 2.67. The van der Waals surface area contributed by atoms with Crippen LogP contribution in [0.5, 0.6) is 5.75 Å². The minimum absolute atomic E-state index is 0.0664. The highest BCUT2D eigenvalue weighted by Gasteiger charge is 2.68. The van der Waals surface area contributed by atoms with Gasteiger partial charge in [0.25, 0.3) is 0 Å². The average Bonchev–Trinajstić information content (AvgIpc) is 3.04. The third-order valence-electron chi connectivity index (χ3n) is 8.70. The maximum Gasteiger partial charge on any atom is 0.174 e. The predicted octanol–water partition coefficient (Wildman–Crippen LogP) is 4.68. The molecule has 0 radical (unpaired) electrons. The molecule has 160 valence electrons. The molecule has 1 spiro atoms. The quantitative estimate of drug-likeness (QED) is 0.783. The summed E-state index contributed by atoms with van der Waals surface area (Å²) in [7, 11) is 1.72. The summed E-state index contributed by atoms with van der Waals surface area (Å²) in [5.41, 5.74) is 2.69. The van der Waals surface area contributed by atoms with Crippen molar-refractivity contribution in [2.45, 2.75) is 77.1 Å². The highest BCUT2D eigenvalue weighted by atomic mass is 16.7. The smallest absolute Gasteiger partial charge is 0.174 e. The fraction of sp³-hybridized carbons (Fsp3) is 0.760. The molecule has 1 saturated heterocycles. The Morgan fingerprint density at radius 1 is 1.17 bits per heavy atom. The number of hydrogen-bond donors (Lipinski definition) is 1. The SMILES string of the molecule is CC[C@]12C[C@@H](O)C3c4ccc(OC)cc4CCC3C1CCC21OCC(C)(C)CO1. The fourth-order valence-corrected chi connectivity index (χ4v) is 7.33. The predicted molar refractivity (Wildman–Crippen MR) is 112 cm³/mol. The van der Waals surface area contributed by atoms with Gasteiger partial charge in [0.1, 0.15) is 5.75 Å². The van der Waals surface area contributed by atoms with Gasteiger partial charge in [-0.05, 0) is 67.2 Å². The molecule has 1 aromatic carbocycles. The van der Waals surface area contributed by atoms with Crippen molar-refractivity contribution in [2.75, 3.05) is 20.3 Å². The van der Waals surface area contributed by atoms with Gasteiger partial charge >= 0.3 is 0 Å². The Balaban J connectivity index is 1.51. The van der Waals surface area contributed by atoms with Gasteiger partial charge in [-0.3, -0.25) is 0 Å². The lowest BCUT2D eigenvalue weighted by molar-refractivity contribution is -0.353. The Hall–Kier alpha value is -1.10. The monoisotopic (exact) mass is 400 g/mol. The van der Waals surface area contributed by atoms with Crippen LogP contribution < -0.4 is 4.74 Å². The largest absolute Gasteiger partial charge is 0.497 e. The molecule has 1 aromatic rings. The van der Waals surface area contributed by atoms with E-state index in [2.05, 4.69) is 39.0 Å². The minimum atomic E-state index is -0.506. The minimum Gasteiger partial charge on any atom is -0.497 e. The number of methoxy groups -OCH3 is 1. The first kappa shape index (κ1) is 19.8. The summed E-state index contributed by atoms with van der Waals surface area (Å²) >= 11 is 0. The van der Waals surface area contributed by atoms with Crippen LogP contribution in [0.2, 0.25) is 0 Å². The topological polar surface area (TPSA) is 47.9 Å². The van der Waals surface area contributed by atoms with E-state index < -0.39 is 5.79 Å². The second-order valence-electron chi connectivity index (χ2n) is 10.7. The van der Waals surface area contributed by atoms with Gasteiger partial charge in [0.2, 0.25) is 0 Å². The van der Waals surface area contributed by atoms with E-state index in [1.54, 1.807) is 7.11 Å². The lowest BCUT2D eigenvalue weighted by atomic mass is 9.52. The van der Waals surface area contributed by atoms with E-state index in [4.69, 9.17) is 14.2 Å². The first-order valence-corrected chi connectivity index (χ1v) is 11.5. The maximum absolute atomic E-state index is 11.5. The van der Waals surface area contributed by atoms with Gasteiger partial charge < -0.3 is 19.3 Å². The van der Waals surface area contributed by atoms with Crippen LogP contribution in [0.4, 0.5) is 0 Å². The van der Waals surface area contributed by atoms with Crippen molar-refractivity contribution >= 4 is 0 Å². The van der Waals surface area contributed by atoms with Crippen LogP contribution >= 0.6 is 0 Å². The number of hydrogen-bond acceptors (Lipinski definition) is 4. The molecule has 0 bridgehead atoms. The number of aliphatic hydroxyl groups excluding tert-OH is 1. The van der Waals surface area contributed by atoms with E-state index in [1.165, 1.54) is 11.1 Å². The zero-order valence-electron chi connectivity index (χ0n) is 18.4. The molecule has 2 saturated carbocycles. The van der Waals surface area contributed by atoms with Crippen molar-refractivity contribution in [3.63, 3.8) is 0 Å². The van der Waals surface area contributed by atoms with Crippen LogP contribution in [0.1, 0.15) is 69.9 Å². The van der Waals surface area contributed by atoms with E-state index >= 15 is 0 Å². The zero-order chi connectivity index (χ0) is 20.4. The number of aryl methyl sites for hydroxylation is 1. The number of benzene rings is 1. The summed E-state index contributed by atoms with van der Waals surface area (Å²) < 4.78 is 18.6. The lowest BCUT2D eigenvalue weighted by Crippen LogP contribution is -2.61. The summed E-state index contributed by atoms with van der Waals surface area (Å²) in [5, 5.41) is 11.5. The standard InChI is InChI=1S/C25H36O4/c1-5-24-13-21(26)22-18-9-7-17(27-4)12-16(18)6-8-19(22)20(24)10-11-25(24)28-14-23(2,3)15-29-25/h7,9,12,19-22,26H,5-6,8,10-11,13-15H2,1-4H3/t19?,20?,21-,22?,24+/m1/s1. The van der Waals surface area contributed by atoms with Gasteiger partial charge in [-0.1, -0.05) is 26.8 Å². The maximum atomic E-state index is 11.5. The first-order chi connectivity index (χ1) is 13.8. The van der Waals surface area contributed by atoms with Crippen molar-refractivity contribution in [1.82, 2.24) is 0 Å². The van der Waals surface area contributed by atoms with Crippen LogP contribution in [-0.2, 0) is 15.9 Å². The molecule has 1 N–H and O–H groups in total. The number of fused-ring (bicyclic) bond motifs is 6. The molecule has 5 atom stereocenters. The molecule has 29 heavy (non-hydrogen) atoms. The number of rotatable bonds is 2. The zero-order valence-corrected chi connectivity index (χ0v) is 18.4. The first-order valence-electron chi connectivity index (χ1n) is 11.5. The van der Waals surface area contributed by atoms with Gasteiger partial charge in [0, 0.05) is 23.2 Å². The van der Waals surface area contributed by atoms with E-state index in [9.17, 15) is 5.11 Å². The van der Waals surface area contributed by atoms with Crippen molar-refractivity contribution < 1.29 is 19.3 Å². The summed E-state index contributed by atoms with van der Waals surface area (Å²) in [4.78, 5) is 0. The highest BCUT2D eigenvalue weighted by molar-refractivity contribution is 5.41. The van der Waals surface area contributed by atoms with E-state index in [0.29, 0.717) is 11.8 Å². The van der Waals surface area contributed by atoms with Gasteiger partial charge in [-0.25, -0.2) is 0 Å². The molecular formula is C25H36O4. The van der Waals surface area contributed by atoms with Crippen LogP contribution in [-0.4, -0.2) is 37.3 Å². The number of ether oxygens (including phenoxy) is 3. The van der Waals surface area contributed by atoms with Crippen LogP contribution in [0, 0.1) is 22.7 Å². The van der Waals surface area contributed by atoms with Crippen LogP contribution in [0.3, 0.4) is 0 Å². The van der Waals surface area contributed by atoms with Crippen LogP contribution in [0.15, 0.2) is 18.2 Å². The Morgan fingerprint density at radius 3 is 2.62 bits per heavy atom. The second-order valence-corrected chi connectivity index (χ2v) is 10.7. The molecule has 0 aromatic heterocycles. The molecule has 1 heterocycles. The average molecular weight is 401 g/mol. The third kappa shape index (κ3) is 2.75. The Kier molecular flexibility index (Phi) is 4.58. The Morgan fingerprint density at radius 2 is 1.93 bits per heavy atom. The lowest BCUT2D eigenvalue weighted by Gasteiger charge is -2.58. The second kappa shape index (κ2) is 6.70. The molecule has 4 aliphatic rings. The Bertz CT molecular complexity index is 777. The summed E-state index contributed by atoms with van der Waals surface area (Å²) in [6, 6.07) is 6.43. The van der Waals surface area contributed by atoms with Crippen molar-refractivity contribution in [3.05, 3.63) is 29.3 Å². The molecule has 1 aliphatic heterocycles. The summed E-state index contributed by atoms with van der Waals surface area (Å²) in [6.45, 7) is 8.19. The van der Waals surface area contributed by atoms with Crippen molar-refractivity contribution in [3.8, 4) is 5.75 Å². The van der Waals surface area contributed by atoms with E-state index in [1.807, 2.05) is 0 Å². The van der Waals surface area contributed by atoms with Gasteiger partial charge in [0.15, 0.2) is 5.79 Å². The van der Waals surface area contributed by atoms with E-state index in [0.717, 1.165) is 57.5 Å². The van der Waals surface area contributed by atoms with Gasteiger partial charge in [-0.15, -0.1) is 0 Å². The number of aliphatic hydroxyl groups is 1. The molecule has 4 nitrogen and oxygen atoms in total. The molecule has 5 rings (SSSR count). The summed E-state index contributed by atoms with van der Waals surface area (Å²) in [6.07, 6.45) is 5.75. The molecule has 0 amide bonds.